The molecule has 2 heteroatoms. The molecule has 0 saturated carbocycles. The fraction of sp³-hybridized carbons (Fsp3) is 0.0462. The lowest BCUT2D eigenvalue weighted by Crippen LogP contribution is -2.29. The summed E-state index contributed by atoms with van der Waals surface area (Å²) in [5.41, 5.74) is 15.1. The molecule has 14 rings (SSSR count). The van der Waals surface area contributed by atoms with E-state index in [0.29, 0.717) is 0 Å². The molecule has 0 aliphatic heterocycles. The predicted molar refractivity (Wildman–Crippen MR) is 292 cm³/mol. The summed E-state index contributed by atoms with van der Waals surface area (Å²) in [5.74, 6) is 0. The van der Waals surface area contributed by atoms with E-state index in [9.17, 15) is 0 Å². The van der Waals surface area contributed by atoms with E-state index >= 15 is 0 Å². The zero-order valence-electron chi connectivity index (χ0n) is 37.3. The lowest BCUT2D eigenvalue weighted by Gasteiger charge is -2.35. The van der Waals surface area contributed by atoms with E-state index in [1.807, 2.05) is 0 Å². The highest BCUT2D eigenvalue weighted by Gasteiger charge is 2.47. The van der Waals surface area contributed by atoms with E-state index < -0.39 is 20.5 Å². The Morgan fingerprint density at radius 2 is 0.672 bits per heavy atom. The van der Waals surface area contributed by atoms with E-state index in [2.05, 4.69) is 244 Å². The Balaban J connectivity index is 1.17. The van der Waals surface area contributed by atoms with Crippen LogP contribution < -0.4 is 0 Å². The largest absolute Gasteiger partial charge is 0.111 e. The van der Waals surface area contributed by atoms with Crippen molar-refractivity contribution in [1.82, 2.24) is 0 Å². The lowest BCUT2D eigenvalue weighted by molar-refractivity contribution is 0.770. The summed E-state index contributed by atoms with van der Waals surface area (Å²) in [4.78, 5) is 0. The summed E-state index contributed by atoms with van der Waals surface area (Å²) in [6.07, 6.45) is 0. The van der Waals surface area contributed by atoms with Crippen LogP contribution in [0.4, 0.5) is 0 Å². The average Bonchev–Trinajstić information content (AvgIpc) is 3.99. The van der Waals surface area contributed by atoms with Gasteiger partial charge in [0.2, 0.25) is 0 Å². The van der Waals surface area contributed by atoms with Crippen LogP contribution in [-0.2, 0) is 18.7 Å². The topological polar surface area (TPSA) is 0 Å². The Hall–Kier alpha value is -7.46. The fourth-order valence-electron chi connectivity index (χ4n) is 12.5. The SMILES string of the molecule is Cp1c2ccccc2c2cccc(-c3cccc4c(-c5cccc6c5C(c5ccccc5)(c5ccccc5)c5ccccc5-6)c5cccc(-c6cccc7c8ccccc8p(C)c67)c5cc34)c21. The molecule has 1 aliphatic carbocycles. The second-order valence-electron chi connectivity index (χ2n) is 18.4. The van der Waals surface area contributed by atoms with Crippen molar-refractivity contribution in [3.8, 4) is 44.5 Å². The molecular formula is C65H44P2. The first-order valence-corrected chi connectivity index (χ1v) is 27.0. The van der Waals surface area contributed by atoms with E-state index in [-0.39, 0.29) is 0 Å². The van der Waals surface area contributed by atoms with Gasteiger partial charge in [0.1, 0.15) is 0 Å². The summed E-state index contributed by atoms with van der Waals surface area (Å²) in [6.45, 7) is 4.92. The molecule has 0 amide bonds. The van der Waals surface area contributed by atoms with Crippen molar-refractivity contribution in [1.29, 1.82) is 0 Å². The van der Waals surface area contributed by atoms with Crippen molar-refractivity contribution >= 4 is 78.6 Å². The number of rotatable bonds is 5. The summed E-state index contributed by atoms with van der Waals surface area (Å²) in [6, 6.07) is 87.9. The van der Waals surface area contributed by atoms with Gasteiger partial charge in [0.15, 0.2) is 0 Å². The Kier molecular flexibility index (Phi) is 8.55. The molecule has 2 atom stereocenters. The molecule has 0 N–H and O–H groups in total. The van der Waals surface area contributed by atoms with Crippen LogP contribution in [0.2, 0.25) is 0 Å². The first-order valence-electron chi connectivity index (χ1n) is 23.4. The summed E-state index contributed by atoms with van der Waals surface area (Å²) >= 11 is 0. The smallest absolute Gasteiger partial charge is 0.0719 e. The highest BCUT2D eigenvalue weighted by molar-refractivity contribution is 7.60. The van der Waals surface area contributed by atoms with Crippen LogP contribution in [0.3, 0.4) is 0 Å². The molecule has 2 unspecified atom stereocenters. The standard InChI is InChI=1S/C65H44P2/c1-66-59-38-13-10-25-46(59)53-34-18-32-51(63(53)66)43-27-15-29-48-56(43)40-57-44(52-33-19-35-54-47-26-11-14-39-60(47)67(2)64(52)54)28-16-30-49(57)61(48)55-36-17-31-50-45-24-9-12-37-58(45)65(62(50)55,41-20-5-3-6-21-41)42-22-7-4-8-23-42/h3-40H,1-2H3. The maximum Gasteiger partial charge on any atom is 0.0719 e. The van der Waals surface area contributed by atoms with Crippen LogP contribution in [-0.4, -0.2) is 0 Å². The average molecular weight is 887 g/mol. The molecule has 0 saturated heterocycles. The Bertz CT molecular complexity index is 3950. The second-order valence-corrected chi connectivity index (χ2v) is 22.5. The maximum atomic E-state index is 2.57. The van der Waals surface area contributed by atoms with Crippen molar-refractivity contribution in [3.63, 3.8) is 0 Å². The summed E-state index contributed by atoms with van der Waals surface area (Å²) in [7, 11) is -1.10. The zero-order valence-corrected chi connectivity index (χ0v) is 39.1. The first-order chi connectivity index (χ1) is 33.1. The minimum Gasteiger partial charge on any atom is -0.111 e. The normalized spacial score (nSPS) is 13.6. The van der Waals surface area contributed by atoms with Gasteiger partial charge in [-0.3, -0.25) is 0 Å². The van der Waals surface area contributed by atoms with E-state index in [0.717, 1.165) is 0 Å². The molecule has 13 aromatic rings. The monoisotopic (exact) mass is 886 g/mol. The third kappa shape index (κ3) is 5.32. The van der Waals surface area contributed by atoms with E-state index in [1.165, 1.54) is 130 Å². The van der Waals surface area contributed by atoms with Crippen LogP contribution in [0.15, 0.2) is 231 Å². The van der Waals surface area contributed by atoms with Gasteiger partial charge in [-0.25, -0.2) is 0 Å². The number of hydrogen-bond donors (Lipinski definition) is 0. The molecule has 0 radical (unpaired) electrons. The molecule has 0 fully saturated rings. The van der Waals surface area contributed by atoms with Crippen LogP contribution in [0.5, 0.6) is 0 Å². The van der Waals surface area contributed by atoms with Gasteiger partial charge in [-0.2, -0.15) is 0 Å². The minimum atomic E-state index is -0.567. The van der Waals surface area contributed by atoms with Gasteiger partial charge in [-0.05, 0) is 129 Å². The molecule has 1 aliphatic rings. The lowest BCUT2D eigenvalue weighted by atomic mass is 9.65. The fourth-order valence-corrected chi connectivity index (χ4v) is 17.0. The van der Waals surface area contributed by atoms with Crippen molar-refractivity contribution < 1.29 is 0 Å². The molecule has 67 heavy (non-hydrogen) atoms. The molecule has 11 aromatic carbocycles. The Morgan fingerprint density at radius 1 is 0.284 bits per heavy atom. The highest BCUT2D eigenvalue weighted by Crippen LogP contribution is 2.61. The van der Waals surface area contributed by atoms with E-state index in [1.54, 1.807) is 0 Å². The van der Waals surface area contributed by atoms with Gasteiger partial charge < -0.3 is 0 Å². The third-order valence-corrected chi connectivity index (χ3v) is 19.7. The molecule has 314 valence electrons. The molecule has 2 aromatic heterocycles. The van der Waals surface area contributed by atoms with Crippen LogP contribution in [0.25, 0.3) is 108 Å². The van der Waals surface area contributed by atoms with Gasteiger partial charge in [-0.15, -0.1) is 15.1 Å². The Morgan fingerprint density at radius 3 is 1.22 bits per heavy atom. The molecule has 0 spiro atoms. The number of aryl methyl sites for hydroxylation is 2. The van der Waals surface area contributed by atoms with Crippen LogP contribution in [0, 0.1) is 0 Å². The van der Waals surface area contributed by atoms with Crippen molar-refractivity contribution in [3.05, 3.63) is 253 Å². The first kappa shape index (κ1) is 38.8. The molecular weight excluding hydrogens is 843 g/mol. The van der Waals surface area contributed by atoms with Gasteiger partial charge in [-0.1, -0.05) is 224 Å². The number of fused-ring (bicyclic) bond motifs is 11. The summed E-state index contributed by atoms with van der Waals surface area (Å²) in [5, 5.41) is 16.6. The number of benzene rings is 11. The number of hydrogen-bond acceptors (Lipinski definition) is 0. The molecule has 0 bridgehead atoms. The molecule has 2 heterocycles. The van der Waals surface area contributed by atoms with Crippen molar-refractivity contribution in [2.24, 2.45) is 13.3 Å². The zero-order chi connectivity index (χ0) is 44.4. The Labute approximate surface area is 392 Å². The van der Waals surface area contributed by atoms with Crippen LogP contribution >= 0.6 is 15.1 Å². The maximum absolute atomic E-state index is 2.57. The third-order valence-electron chi connectivity index (χ3n) is 15.2. The summed E-state index contributed by atoms with van der Waals surface area (Å²) < 4.78 is 0. The predicted octanol–water partition coefficient (Wildman–Crippen LogP) is 19.0. The van der Waals surface area contributed by atoms with Gasteiger partial charge in [0.25, 0.3) is 0 Å². The minimum absolute atomic E-state index is 0.549. The van der Waals surface area contributed by atoms with Gasteiger partial charge >= 0.3 is 0 Å². The highest BCUT2D eigenvalue weighted by atomic mass is 31.1. The van der Waals surface area contributed by atoms with Crippen molar-refractivity contribution in [2.45, 2.75) is 5.41 Å². The second kappa shape index (κ2) is 14.8. The van der Waals surface area contributed by atoms with Gasteiger partial charge in [0.05, 0.1) is 5.41 Å². The van der Waals surface area contributed by atoms with Crippen LogP contribution in [0.1, 0.15) is 22.3 Å². The van der Waals surface area contributed by atoms with Crippen molar-refractivity contribution in [2.75, 3.05) is 0 Å². The molecule has 0 nitrogen and oxygen atoms in total. The van der Waals surface area contributed by atoms with E-state index in [4.69, 9.17) is 0 Å². The quantitative estimate of drug-likeness (QED) is 0.151. The van der Waals surface area contributed by atoms with Gasteiger partial charge in [0, 0.05) is 20.5 Å².